The van der Waals surface area contributed by atoms with Gasteiger partial charge in [0.05, 0.1) is 9.82 Å². The van der Waals surface area contributed by atoms with Crippen molar-refractivity contribution >= 4 is 33.4 Å². The van der Waals surface area contributed by atoms with Crippen LogP contribution in [0.25, 0.3) is 0 Å². The van der Waals surface area contributed by atoms with Crippen LogP contribution in [-0.2, 0) is 14.8 Å². The molecular formula is C22H27N3O5S2. The number of nitrogens with one attached hydrogen (secondary N) is 1. The average Bonchev–Trinajstić information content (AvgIpc) is 2.79. The third-order valence-electron chi connectivity index (χ3n) is 5.46. The first-order chi connectivity index (χ1) is 15.3. The Morgan fingerprint density at radius 3 is 2.53 bits per heavy atom. The number of benzene rings is 2. The van der Waals surface area contributed by atoms with Gasteiger partial charge in [0.25, 0.3) is 5.69 Å². The molecule has 0 aliphatic carbocycles. The lowest BCUT2D eigenvalue weighted by Gasteiger charge is -2.30. The summed E-state index contributed by atoms with van der Waals surface area (Å²) in [5, 5.41) is 14.0. The Morgan fingerprint density at radius 1 is 1.19 bits per heavy atom. The molecule has 0 saturated carbocycles. The molecule has 0 radical (unpaired) electrons. The second-order valence-electron chi connectivity index (χ2n) is 7.69. The monoisotopic (exact) mass is 477 g/mol. The van der Waals surface area contributed by atoms with Crippen molar-refractivity contribution in [3.05, 3.63) is 64.2 Å². The van der Waals surface area contributed by atoms with Crippen molar-refractivity contribution in [2.45, 2.75) is 36.0 Å². The lowest BCUT2D eigenvalue weighted by atomic mass is 9.97. The first kappa shape index (κ1) is 24.2. The molecule has 8 nitrogen and oxygen atoms in total. The molecule has 32 heavy (non-hydrogen) atoms. The second-order valence-corrected chi connectivity index (χ2v) is 10.8. The molecule has 1 N–H and O–H groups in total. The Bertz CT molecular complexity index is 1050. The van der Waals surface area contributed by atoms with Gasteiger partial charge in [0.2, 0.25) is 15.9 Å². The molecular weight excluding hydrogens is 450 g/mol. The van der Waals surface area contributed by atoms with Gasteiger partial charge in [-0.05, 0) is 49.6 Å². The number of nitro benzene ring substituents is 1. The molecule has 1 aliphatic heterocycles. The predicted molar refractivity (Wildman–Crippen MR) is 124 cm³/mol. The van der Waals surface area contributed by atoms with Crippen LogP contribution in [0.15, 0.2) is 58.3 Å². The van der Waals surface area contributed by atoms with Gasteiger partial charge in [-0.15, -0.1) is 11.8 Å². The number of thioether (sulfide) groups is 1. The largest absolute Gasteiger partial charge is 0.356 e. The smallest absolute Gasteiger partial charge is 0.270 e. The van der Waals surface area contributed by atoms with E-state index in [1.807, 2.05) is 18.2 Å². The number of carbonyl (C=O) groups excluding carboxylic acids is 1. The van der Waals surface area contributed by atoms with Crippen LogP contribution in [0.1, 0.15) is 24.8 Å². The minimum Gasteiger partial charge on any atom is -0.356 e. The second kappa shape index (κ2) is 10.9. The molecule has 0 atom stereocenters. The maximum Gasteiger partial charge on any atom is 0.270 e. The van der Waals surface area contributed by atoms with E-state index in [0.29, 0.717) is 24.9 Å². The number of hydrogen-bond acceptors (Lipinski definition) is 6. The lowest BCUT2D eigenvalue weighted by Crippen LogP contribution is -2.43. The van der Waals surface area contributed by atoms with Crippen molar-refractivity contribution in [3.63, 3.8) is 0 Å². The molecule has 1 aliphatic rings. The number of rotatable bonds is 9. The van der Waals surface area contributed by atoms with Gasteiger partial charge in [-0.2, -0.15) is 4.31 Å². The van der Waals surface area contributed by atoms with Crippen molar-refractivity contribution in [3.8, 4) is 0 Å². The van der Waals surface area contributed by atoms with Gasteiger partial charge in [0.1, 0.15) is 0 Å². The highest BCUT2D eigenvalue weighted by Gasteiger charge is 2.33. The van der Waals surface area contributed by atoms with Crippen LogP contribution >= 0.6 is 11.8 Å². The van der Waals surface area contributed by atoms with Crippen molar-refractivity contribution in [1.29, 1.82) is 0 Å². The number of non-ortho nitro benzene ring substituents is 1. The SMILES string of the molecule is Cc1ccc([N+](=O)[O-])cc1S(=O)(=O)N1CCC(C(=O)NCCCSc2ccccc2)CC1. The number of sulfonamides is 1. The Hall–Kier alpha value is -2.43. The topological polar surface area (TPSA) is 110 Å². The number of nitrogens with zero attached hydrogens (tertiary/aromatic N) is 2. The minimum atomic E-state index is -3.85. The van der Waals surface area contributed by atoms with Crippen LogP contribution in [0.3, 0.4) is 0 Å². The molecule has 1 heterocycles. The summed E-state index contributed by atoms with van der Waals surface area (Å²) < 4.78 is 27.4. The standard InChI is InChI=1S/C22H27N3O5S2/c1-17-8-9-19(25(27)28)16-21(17)32(29,30)24-13-10-18(11-14-24)22(26)23-12-5-15-31-20-6-3-2-4-7-20/h2-4,6-9,16,18H,5,10-15H2,1H3,(H,23,26). The fourth-order valence-corrected chi connectivity index (χ4v) is 6.20. The highest BCUT2D eigenvalue weighted by molar-refractivity contribution is 7.99. The van der Waals surface area contributed by atoms with Gasteiger partial charge in [-0.1, -0.05) is 24.3 Å². The summed E-state index contributed by atoms with van der Waals surface area (Å²) in [6.07, 6.45) is 1.71. The van der Waals surface area contributed by atoms with E-state index < -0.39 is 14.9 Å². The third-order valence-corrected chi connectivity index (χ3v) is 8.60. The van der Waals surface area contributed by atoms with E-state index in [0.717, 1.165) is 18.2 Å². The summed E-state index contributed by atoms with van der Waals surface area (Å²) in [6, 6.07) is 13.9. The summed E-state index contributed by atoms with van der Waals surface area (Å²) >= 11 is 1.75. The molecule has 1 amide bonds. The number of aryl methyl sites for hydroxylation is 1. The van der Waals surface area contributed by atoms with Gasteiger partial charge in [0.15, 0.2) is 0 Å². The van der Waals surface area contributed by atoms with E-state index in [-0.39, 0.29) is 35.5 Å². The Kier molecular flexibility index (Phi) is 8.27. The van der Waals surface area contributed by atoms with Crippen LogP contribution in [0.4, 0.5) is 5.69 Å². The van der Waals surface area contributed by atoms with Gasteiger partial charge in [0, 0.05) is 42.6 Å². The maximum atomic E-state index is 13.0. The number of hydrogen-bond donors (Lipinski definition) is 1. The molecule has 0 aromatic heterocycles. The first-order valence-corrected chi connectivity index (χ1v) is 12.9. The van der Waals surface area contributed by atoms with Gasteiger partial charge in [-0.3, -0.25) is 14.9 Å². The molecule has 1 fully saturated rings. The van der Waals surface area contributed by atoms with Crippen molar-refractivity contribution in [2.75, 3.05) is 25.4 Å². The summed E-state index contributed by atoms with van der Waals surface area (Å²) in [7, 11) is -3.85. The molecule has 172 valence electrons. The predicted octanol–water partition coefficient (Wildman–Crippen LogP) is 3.60. The first-order valence-electron chi connectivity index (χ1n) is 10.5. The molecule has 0 bridgehead atoms. The molecule has 3 rings (SSSR count). The van der Waals surface area contributed by atoms with E-state index in [1.165, 1.54) is 21.3 Å². The Labute approximate surface area is 192 Å². The Balaban J connectivity index is 1.47. The fourth-order valence-electron chi connectivity index (χ4n) is 3.61. The average molecular weight is 478 g/mol. The molecule has 0 spiro atoms. The maximum absolute atomic E-state index is 13.0. The molecule has 10 heteroatoms. The molecule has 0 unspecified atom stereocenters. The molecule has 2 aromatic rings. The quantitative estimate of drug-likeness (QED) is 0.256. The zero-order chi connectivity index (χ0) is 23.1. The number of nitro groups is 1. The van der Waals surface area contributed by atoms with E-state index in [2.05, 4.69) is 17.4 Å². The Morgan fingerprint density at radius 2 is 1.88 bits per heavy atom. The van der Waals surface area contributed by atoms with E-state index in [9.17, 15) is 23.3 Å². The fraction of sp³-hybridized carbons (Fsp3) is 0.409. The normalized spacial score (nSPS) is 15.4. The van der Waals surface area contributed by atoms with Crippen LogP contribution in [-0.4, -0.2) is 48.9 Å². The van der Waals surface area contributed by atoms with Gasteiger partial charge >= 0.3 is 0 Å². The van der Waals surface area contributed by atoms with Crippen LogP contribution in [0.5, 0.6) is 0 Å². The van der Waals surface area contributed by atoms with Crippen molar-refractivity contribution in [1.82, 2.24) is 9.62 Å². The highest BCUT2D eigenvalue weighted by atomic mass is 32.2. The minimum absolute atomic E-state index is 0.0433. The van der Waals surface area contributed by atoms with E-state index in [1.54, 1.807) is 18.7 Å². The number of amides is 1. The number of carbonyl (C=O) groups is 1. The van der Waals surface area contributed by atoms with Crippen LogP contribution < -0.4 is 5.32 Å². The molecule has 2 aromatic carbocycles. The third kappa shape index (κ3) is 6.08. The van der Waals surface area contributed by atoms with Crippen LogP contribution in [0, 0.1) is 23.0 Å². The summed E-state index contributed by atoms with van der Waals surface area (Å²) in [4.78, 5) is 24.1. The van der Waals surface area contributed by atoms with E-state index >= 15 is 0 Å². The van der Waals surface area contributed by atoms with Crippen molar-refractivity contribution < 1.29 is 18.1 Å². The summed E-state index contributed by atoms with van der Waals surface area (Å²) in [5.74, 6) is 0.636. The van der Waals surface area contributed by atoms with E-state index in [4.69, 9.17) is 0 Å². The summed E-state index contributed by atoms with van der Waals surface area (Å²) in [5.41, 5.74) is 0.206. The van der Waals surface area contributed by atoms with Gasteiger partial charge in [-0.25, -0.2) is 8.42 Å². The number of piperidine rings is 1. The van der Waals surface area contributed by atoms with Crippen LogP contribution in [0.2, 0.25) is 0 Å². The van der Waals surface area contributed by atoms with Crippen molar-refractivity contribution in [2.24, 2.45) is 5.92 Å². The lowest BCUT2D eigenvalue weighted by molar-refractivity contribution is -0.385. The molecule has 1 saturated heterocycles. The zero-order valence-corrected chi connectivity index (χ0v) is 19.5. The summed E-state index contributed by atoms with van der Waals surface area (Å²) in [6.45, 7) is 2.63. The van der Waals surface area contributed by atoms with Gasteiger partial charge < -0.3 is 5.32 Å². The zero-order valence-electron chi connectivity index (χ0n) is 17.9. The highest BCUT2D eigenvalue weighted by Crippen LogP contribution is 2.28.